The number of hydrogen-bond donors (Lipinski definition) is 0. The highest BCUT2D eigenvalue weighted by Gasteiger charge is 2.33. The Morgan fingerprint density at radius 1 is 1.45 bits per heavy atom. The van der Waals surface area contributed by atoms with Gasteiger partial charge in [0.2, 0.25) is 0 Å². The average molecular weight is 289 g/mol. The van der Waals surface area contributed by atoms with Crippen molar-refractivity contribution in [1.29, 1.82) is 0 Å². The summed E-state index contributed by atoms with van der Waals surface area (Å²) in [5.74, 6) is 0. The molecule has 0 spiro atoms. The van der Waals surface area contributed by atoms with Crippen molar-refractivity contribution in [3.63, 3.8) is 0 Å². The molecule has 0 aliphatic heterocycles. The Morgan fingerprint density at radius 2 is 2.20 bits per heavy atom. The van der Waals surface area contributed by atoms with Crippen LogP contribution in [0.15, 0.2) is 52.7 Å². The minimum Gasteiger partial charge on any atom is -0.273 e. The Morgan fingerprint density at radius 3 is 2.80 bits per heavy atom. The molecule has 0 N–H and O–H groups in total. The van der Waals surface area contributed by atoms with E-state index in [0.717, 1.165) is 19.3 Å². The smallest absolute Gasteiger partial charge is 0.0353 e. The molecule has 0 bridgehead atoms. The highest BCUT2D eigenvalue weighted by molar-refractivity contribution is 7.99. The summed E-state index contributed by atoms with van der Waals surface area (Å²) in [4.78, 5) is 3.83. The van der Waals surface area contributed by atoms with E-state index in [1.54, 1.807) is 0 Å². The van der Waals surface area contributed by atoms with E-state index in [1.165, 1.54) is 11.1 Å². The first kappa shape index (κ1) is 17.0. The molecule has 0 aromatic rings. The lowest BCUT2D eigenvalue weighted by Gasteiger charge is -2.36. The lowest BCUT2D eigenvalue weighted by atomic mass is 9.75. The summed E-state index contributed by atoms with van der Waals surface area (Å²) in [5, 5.41) is 0.533. The third-order valence-electron chi connectivity index (χ3n) is 4.00. The lowest BCUT2D eigenvalue weighted by molar-refractivity contribution is 0.511. The second kappa shape index (κ2) is 8.31. The topological polar surface area (TPSA) is 12.4 Å². The Hall–Kier alpha value is -1.02. The molecule has 2 heteroatoms. The Kier molecular flexibility index (Phi) is 7.08. The highest BCUT2D eigenvalue weighted by Crippen LogP contribution is 2.42. The van der Waals surface area contributed by atoms with Crippen molar-refractivity contribution < 1.29 is 0 Å². The van der Waals surface area contributed by atoms with Crippen LogP contribution in [0.1, 0.15) is 40.0 Å². The molecule has 0 fully saturated rings. The van der Waals surface area contributed by atoms with Crippen LogP contribution in [0.3, 0.4) is 0 Å². The highest BCUT2D eigenvalue weighted by atomic mass is 32.2. The van der Waals surface area contributed by atoms with E-state index >= 15 is 0 Å². The van der Waals surface area contributed by atoms with Gasteiger partial charge in [-0.2, -0.15) is 11.8 Å². The third-order valence-corrected chi connectivity index (χ3v) is 5.15. The van der Waals surface area contributed by atoms with Gasteiger partial charge in [-0.15, -0.1) is 0 Å². The molecule has 0 amide bonds. The molecule has 0 aromatic heterocycles. The zero-order valence-electron chi connectivity index (χ0n) is 13.2. The number of nitrogens with zero attached hydrogens (tertiary/aromatic N) is 1. The molecule has 0 saturated carbocycles. The van der Waals surface area contributed by atoms with Gasteiger partial charge in [0.1, 0.15) is 0 Å². The average Bonchev–Trinajstić information content (AvgIpc) is 2.44. The number of hydrogen-bond acceptors (Lipinski definition) is 2. The van der Waals surface area contributed by atoms with Gasteiger partial charge in [0, 0.05) is 16.9 Å². The largest absolute Gasteiger partial charge is 0.273 e. The zero-order chi connectivity index (χ0) is 15.0. The standard InChI is InChI=1S/C18H27NS/c1-6-16(11-9-10-15(2)14-19-4)18(3)13-8-7-12-17(18)20-5/h7-8,11-14,17H,4,6,9-10H2,1-3,5H3/b15-14-,16-11+. The van der Waals surface area contributed by atoms with Crippen LogP contribution in [0, 0.1) is 5.41 Å². The molecule has 0 saturated heterocycles. The van der Waals surface area contributed by atoms with Gasteiger partial charge in [-0.05, 0) is 39.2 Å². The van der Waals surface area contributed by atoms with Crippen LogP contribution in [0.5, 0.6) is 0 Å². The fraction of sp³-hybridized carbons (Fsp3) is 0.500. The van der Waals surface area contributed by atoms with Crippen LogP contribution in [0.2, 0.25) is 0 Å². The van der Waals surface area contributed by atoms with Gasteiger partial charge in [-0.1, -0.05) is 55.4 Å². The Balaban J connectivity index is 2.83. The fourth-order valence-corrected chi connectivity index (χ4v) is 3.74. The molecule has 2 atom stereocenters. The van der Waals surface area contributed by atoms with Gasteiger partial charge < -0.3 is 0 Å². The quantitative estimate of drug-likeness (QED) is 0.441. The second-order valence-corrected chi connectivity index (χ2v) is 6.44. The summed E-state index contributed by atoms with van der Waals surface area (Å²) in [5.41, 5.74) is 2.98. The molecular weight excluding hydrogens is 262 g/mol. The van der Waals surface area contributed by atoms with E-state index in [0.29, 0.717) is 5.25 Å². The zero-order valence-corrected chi connectivity index (χ0v) is 14.0. The summed E-state index contributed by atoms with van der Waals surface area (Å²) in [6.07, 6.45) is 18.7. The van der Waals surface area contributed by atoms with Crippen molar-refractivity contribution in [2.24, 2.45) is 10.4 Å². The van der Waals surface area contributed by atoms with Crippen molar-refractivity contribution in [1.82, 2.24) is 0 Å². The molecule has 110 valence electrons. The van der Waals surface area contributed by atoms with E-state index in [-0.39, 0.29) is 5.41 Å². The number of thioether (sulfide) groups is 1. The predicted molar refractivity (Wildman–Crippen MR) is 94.6 cm³/mol. The van der Waals surface area contributed by atoms with Crippen LogP contribution in [0.4, 0.5) is 0 Å². The molecule has 1 nitrogen and oxygen atoms in total. The molecule has 1 rings (SSSR count). The van der Waals surface area contributed by atoms with Crippen LogP contribution in [0.25, 0.3) is 0 Å². The Bertz CT molecular complexity index is 442. The lowest BCUT2D eigenvalue weighted by Crippen LogP contribution is -2.30. The van der Waals surface area contributed by atoms with E-state index in [1.807, 2.05) is 18.0 Å². The second-order valence-electron chi connectivity index (χ2n) is 5.46. The summed E-state index contributed by atoms with van der Waals surface area (Å²) in [6, 6.07) is 0. The maximum absolute atomic E-state index is 3.83. The summed E-state index contributed by atoms with van der Waals surface area (Å²) in [6.45, 7) is 10.2. The molecule has 2 unspecified atom stereocenters. The first-order valence-corrected chi connectivity index (χ1v) is 8.57. The van der Waals surface area contributed by atoms with Gasteiger partial charge in [0.15, 0.2) is 0 Å². The van der Waals surface area contributed by atoms with Gasteiger partial charge in [-0.25, -0.2) is 0 Å². The summed E-state index contributed by atoms with van der Waals surface area (Å²) >= 11 is 1.93. The maximum atomic E-state index is 3.83. The first-order valence-electron chi connectivity index (χ1n) is 7.28. The van der Waals surface area contributed by atoms with E-state index in [2.05, 4.69) is 69.1 Å². The maximum Gasteiger partial charge on any atom is 0.0353 e. The van der Waals surface area contributed by atoms with Crippen LogP contribution in [-0.2, 0) is 0 Å². The van der Waals surface area contributed by atoms with Crippen molar-refractivity contribution in [3.05, 3.63) is 47.7 Å². The summed E-state index contributed by atoms with van der Waals surface area (Å²) < 4.78 is 0. The van der Waals surface area contributed by atoms with Gasteiger partial charge in [-0.3, -0.25) is 4.99 Å². The number of allylic oxidation sites excluding steroid dienone is 6. The predicted octanol–water partition coefficient (Wildman–Crippen LogP) is 5.57. The Labute approximate surface area is 128 Å². The van der Waals surface area contributed by atoms with Crippen molar-refractivity contribution in [3.8, 4) is 0 Å². The number of aliphatic imine (C=N–C) groups is 1. The van der Waals surface area contributed by atoms with E-state index in [4.69, 9.17) is 0 Å². The van der Waals surface area contributed by atoms with E-state index in [9.17, 15) is 0 Å². The summed E-state index contributed by atoms with van der Waals surface area (Å²) in [7, 11) is 0. The molecule has 0 radical (unpaired) electrons. The van der Waals surface area contributed by atoms with Crippen molar-refractivity contribution in [2.75, 3.05) is 6.26 Å². The molecule has 0 heterocycles. The number of rotatable bonds is 7. The SMILES string of the molecule is C=N/C=C(/C)CC/C=C(\CC)C1(C)C=CC=CC1SC. The molecule has 1 aliphatic rings. The molecular formula is C18H27NS. The van der Waals surface area contributed by atoms with Gasteiger partial charge in [0.25, 0.3) is 0 Å². The molecule has 0 aromatic carbocycles. The normalized spacial score (nSPS) is 26.9. The van der Waals surface area contributed by atoms with Crippen molar-refractivity contribution >= 4 is 18.5 Å². The van der Waals surface area contributed by atoms with Crippen molar-refractivity contribution in [2.45, 2.75) is 45.3 Å². The molecule has 20 heavy (non-hydrogen) atoms. The van der Waals surface area contributed by atoms with Crippen LogP contribution in [-0.4, -0.2) is 18.2 Å². The van der Waals surface area contributed by atoms with Crippen LogP contribution >= 0.6 is 11.8 Å². The first-order chi connectivity index (χ1) is 9.58. The fourth-order valence-electron chi connectivity index (χ4n) is 2.77. The monoisotopic (exact) mass is 289 g/mol. The van der Waals surface area contributed by atoms with Crippen LogP contribution < -0.4 is 0 Å². The minimum atomic E-state index is 0.150. The van der Waals surface area contributed by atoms with Gasteiger partial charge in [0.05, 0.1) is 0 Å². The van der Waals surface area contributed by atoms with Gasteiger partial charge >= 0.3 is 0 Å². The van der Waals surface area contributed by atoms with E-state index < -0.39 is 0 Å². The minimum absolute atomic E-state index is 0.150. The molecule has 1 aliphatic carbocycles. The third kappa shape index (κ3) is 4.24.